The molecule has 0 radical (unpaired) electrons. The van der Waals surface area contributed by atoms with Gasteiger partial charge < -0.3 is 9.47 Å². The highest BCUT2D eigenvalue weighted by Gasteiger charge is 2.05. The molecule has 0 saturated carbocycles. The second-order valence-corrected chi connectivity index (χ2v) is 6.55. The van der Waals surface area contributed by atoms with Crippen molar-refractivity contribution in [3.05, 3.63) is 48.5 Å². The number of terminal acetylenes is 1. The molecule has 0 aliphatic heterocycles. The Balaban J connectivity index is 1.69. The van der Waals surface area contributed by atoms with Crippen LogP contribution in [0, 0.1) is 12.3 Å². The first kappa shape index (κ1) is 20.6. The van der Waals surface area contributed by atoms with Gasteiger partial charge in [-0.2, -0.15) is 0 Å². The summed E-state index contributed by atoms with van der Waals surface area (Å²) in [5.41, 5.74) is 2.17. The molecule has 0 N–H and O–H groups in total. The highest BCUT2D eigenvalue weighted by atomic mass is 16.5. The monoisotopic (exact) mass is 364 g/mol. The van der Waals surface area contributed by atoms with Crippen molar-refractivity contribution in [2.24, 2.45) is 0 Å². The van der Waals surface area contributed by atoms with Gasteiger partial charge in [0.1, 0.15) is 11.5 Å². The van der Waals surface area contributed by atoms with Crippen molar-refractivity contribution in [1.29, 1.82) is 0 Å². The number of esters is 1. The lowest BCUT2D eigenvalue weighted by Gasteiger charge is -2.07. The van der Waals surface area contributed by atoms with Gasteiger partial charge in [-0.05, 0) is 48.2 Å². The molecule has 0 spiro atoms. The predicted octanol–water partition coefficient (Wildman–Crippen LogP) is 6.02. The van der Waals surface area contributed by atoms with E-state index in [-0.39, 0.29) is 5.97 Å². The van der Waals surface area contributed by atoms with Gasteiger partial charge in [-0.3, -0.25) is 4.79 Å². The van der Waals surface area contributed by atoms with Crippen LogP contribution in [-0.4, -0.2) is 13.1 Å². The Morgan fingerprint density at radius 2 is 1.33 bits per heavy atom. The molecule has 3 nitrogen and oxygen atoms in total. The molecule has 27 heavy (non-hydrogen) atoms. The summed E-state index contributed by atoms with van der Waals surface area (Å²) in [5.74, 6) is 3.91. The standard InChI is InChI=1S/C24H28O3/c1-3-4-5-6-7-8-9-10-11-24(25)27-23-18-14-21(15-19-23)20-12-16-22(26-2)17-13-20/h1,12-19H,4-11H2,2H3. The average molecular weight is 364 g/mol. The van der Waals surface area contributed by atoms with Gasteiger partial charge in [0.15, 0.2) is 0 Å². The molecule has 0 aromatic heterocycles. The Bertz CT molecular complexity index is 724. The molecule has 2 aromatic carbocycles. The van der Waals surface area contributed by atoms with E-state index in [0.717, 1.165) is 49.0 Å². The minimum Gasteiger partial charge on any atom is -0.497 e. The van der Waals surface area contributed by atoms with Crippen LogP contribution in [0.25, 0.3) is 11.1 Å². The summed E-state index contributed by atoms with van der Waals surface area (Å²) >= 11 is 0. The van der Waals surface area contributed by atoms with E-state index >= 15 is 0 Å². The lowest BCUT2D eigenvalue weighted by atomic mass is 10.1. The molecule has 0 bridgehead atoms. The van der Waals surface area contributed by atoms with Crippen LogP contribution in [0.1, 0.15) is 51.4 Å². The van der Waals surface area contributed by atoms with Gasteiger partial charge >= 0.3 is 5.97 Å². The molecule has 0 heterocycles. The van der Waals surface area contributed by atoms with E-state index < -0.39 is 0 Å². The average Bonchev–Trinajstić information content (AvgIpc) is 2.70. The second-order valence-electron chi connectivity index (χ2n) is 6.55. The largest absolute Gasteiger partial charge is 0.497 e. The molecule has 0 aliphatic rings. The highest BCUT2D eigenvalue weighted by molar-refractivity contribution is 5.73. The molecule has 0 amide bonds. The smallest absolute Gasteiger partial charge is 0.311 e. The summed E-state index contributed by atoms with van der Waals surface area (Å²) in [4.78, 5) is 12.0. The Morgan fingerprint density at radius 1 is 0.815 bits per heavy atom. The Hall–Kier alpha value is -2.73. The molecule has 2 rings (SSSR count). The molecule has 0 fully saturated rings. The van der Waals surface area contributed by atoms with Crippen LogP contribution in [0.3, 0.4) is 0 Å². The van der Waals surface area contributed by atoms with Gasteiger partial charge in [0.25, 0.3) is 0 Å². The third-order valence-corrected chi connectivity index (χ3v) is 4.46. The van der Waals surface area contributed by atoms with E-state index in [9.17, 15) is 4.79 Å². The van der Waals surface area contributed by atoms with Gasteiger partial charge in [0, 0.05) is 12.8 Å². The van der Waals surface area contributed by atoms with Crippen LogP contribution in [0.5, 0.6) is 11.5 Å². The van der Waals surface area contributed by atoms with Crippen molar-refractivity contribution >= 4 is 5.97 Å². The second kappa shape index (κ2) is 11.8. The number of hydrogen-bond acceptors (Lipinski definition) is 3. The van der Waals surface area contributed by atoms with Crippen LogP contribution < -0.4 is 9.47 Å². The summed E-state index contributed by atoms with van der Waals surface area (Å²) < 4.78 is 10.6. The number of benzene rings is 2. The molecule has 142 valence electrons. The number of rotatable bonds is 11. The normalized spacial score (nSPS) is 10.2. The molecule has 0 atom stereocenters. The maximum Gasteiger partial charge on any atom is 0.311 e. The number of carbonyl (C=O) groups is 1. The molecule has 2 aromatic rings. The topological polar surface area (TPSA) is 35.5 Å². The Kier molecular flexibility index (Phi) is 9.00. The van der Waals surface area contributed by atoms with Gasteiger partial charge in [-0.25, -0.2) is 0 Å². The van der Waals surface area contributed by atoms with E-state index in [1.54, 1.807) is 7.11 Å². The molecule has 0 aliphatic carbocycles. The quantitative estimate of drug-likeness (QED) is 0.212. The zero-order chi connectivity index (χ0) is 19.3. The van der Waals surface area contributed by atoms with Crippen molar-refractivity contribution in [3.8, 4) is 35.0 Å². The van der Waals surface area contributed by atoms with Gasteiger partial charge in [-0.1, -0.05) is 49.9 Å². The van der Waals surface area contributed by atoms with Gasteiger partial charge in [-0.15, -0.1) is 12.3 Å². The van der Waals surface area contributed by atoms with Crippen LogP contribution in [0.2, 0.25) is 0 Å². The van der Waals surface area contributed by atoms with Crippen LogP contribution >= 0.6 is 0 Å². The third-order valence-electron chi connectivity index (χ3n) is 4.46. The summed E-state index contributed by atoms with van der Waals surface area (Å²) in [5, 5.41) is 0. The number of carbonyl (C=O) groups excluding carboxylic acids is 1. The third kappa shape index (κ3) is 7.58. The summed E-state index contributed by atoms with van der Waals surface area (Å²) in [6.45, 7) is 0. The molecular weight excluding hydrogens is 336 g/mol. The highest BCUT2D eigenvalue weighted by Crippen LogP contribution is 2.24. The van der Waals surface area contributed by atoms with Crippen molar-refractivity contribution in [1.82, 2.24) is 0 Å². The lowest BCUT2D eigenvalue weighted by molar-refractivity contribution is -0.134. The van der Waals surface area contributed by atoms with Crippen molar-refractivity contribution in [2.45, 2.75) is 51.4 Å². The van der Waals surface area contributed by atoms with Crippen LogP contribution in [0.4, 0.5) is 0 Å². The van der Waals surface area contributed by atoms with Crippen LogP contribution in [0.15, 0.2) is 48.5 Å². The SMILES string of the molecule is C#CCCCCCCCCC(=O)Oc1ccc(-c2ccc(OC)cc2)cc1. The van der Waals surface area contributed by atoms with Gasteiger partial charge in [0.05, 0.1) is 7.11 Å². The number of hydrogen-bond donors (Lipinski definition) is 0. The minimum absolute atomic E-state index is 0.167. The minimum atomic E-state index is -0.167. The van der Waals surface area contributed by atoms with E-state index in [0.29, 0.717) is 12.2 Å². The maximum atomic E-state index is 12.0. The fourth-order valence-electron chi connectivity index (χ4n) is 2.88. The van der Waals surface area contributed by atoms with E-state index in [1.165, 1.54) is 12.8 Å². The predicted molar refractivity (Wildman–Crippen MR) is 110 cm³/mol. The number of ether oxygens (including phenoxy) is 2. The van der Waals surface area contributed by atoms with Gasteiger partial charge in [0.2, 0.25) is 0 Å². The number of methoxy groups -OCH3 is 1. The van der Waals surface area contributed by atoms with Crippen molar-refractivity contribution in [2.75, 3.05) is 7.11 Å². The summed E-state index contributed by atoms with van der Waals surface area (Å²) in [6, 6.07) is 15.5. The molecule has 3 heteroatoms. The summed E-state index contributed by atoms with van der Waals surface area (Å²) in [7, 11) is 1.65. The molecular formula is C24H28O3. The van der Waals surface area contributed by atoms with Crippen LogP contribution in [-0.2, 0) is 4.79 Å². The first-order valence-corrected chi connectivity index (χ1v) is 9.61. The van der Waals surface area contributed by atoms with E-state index in [1.807, 2.05) is 48.5 Å². The number of unbranched alkanes of at least 4 members (excludes halogenated alkanes) is 6. The van der Waals surface area contributed by atoms with Crippen molar-refractivity contribution in [3.63, 3.8) is 0 Å². The fourth-order valence-corrected chi connectivity index (χ4v) is 2.88. The Labute approximate surface area is 162 Å². The maximum absolute atomic E-state index is 12.0. The summed E-state index contributed by atoms with van der Waals surface area (Å²) in [6.07, 6.45) is 13.1. The first-order chi connectivity index (χ1) is 13.2. The molecule has 0 unspecified atom stereocenters. The fraction of sp³-hybridized carbons (Fsp3) is 0.375. The Morgan fingerprint density at radius 3 is 1.89 bits per heavy atom. The lowest BCUT2D eigenvalue weighted by Crippen LogP contribution is -2.07. The van der Waals surface area contributed by atoms with Crippen molar-refractivity contribution < 1.29 is 14.3 Å². The van der Waals surface area contributed by atoms with E-state index in [4.69, 9.17) is 15.9 Å². The molecule has 0 saturated heterocycles. The zero-order valence-corrected chi connectivity index (χ0v) is 16.1. The first-order valence-electron chi connectivity index (χ1n) is 9.61. The zero-order valence-electron chi connectivity index (χ0n) is 16.1. The van der Waals surface area contributed by atoms with E-state index in [2.05, 4.69) is 5.92 Å².